The Hall–Kier alpha value is -3.03. The van der Waals surface area contributed by atoms with Crippen molar-refractivity contribution >= 4 is 39.5 Å². The molecule has 0 radical (unpaired) electrons. The van der Waals surface area contributed by atoms with Gasteiger partial charge in [-0.25, -0.2) is 17.5 Å². The Balaban J connectivity index is 1.75. The molecule has 1 aliphatic rings. The van der Waals surface area contributed by atoms with E-state index in [0.29, 0.717) is 16.8 Å². The van der Waals surface area contributed by atoms with Crippen molar-refractivity contribution in [2.45, 2.75) is 22.1 Å². The van der Waals surface area contributed by atoms with Gasteiger partial charge in [-0.15, -0.1) is 0 Å². The zero-order valence-electron chi connectivity index (χ0n) is 17.1. The summed E-state index contributed by atoms with van der Waals surface area (Å²) in [4.78, 5) is 13.2. The van der Waals surface area contributed by atoms with Crippen LogP contribution in [0.4, 0.5) is 5.69 Å². The second-order valence-electron chi connectivity index (χ2n) is 7.03. The lowest BCUT2D eigenvalue weighted by Gasteiger charge is -2.24. The van der Waals surface area contributed by atoms with Crippen LogP contribution in [-0.4, -0.2) is 26.9 Å². The lowest BCUT2D eigenvalue weighted by molar-refractivity contribution is 0.0600. The largest absolute Gasteiger partial charge is 0.465 e. The minimum Gasteiger partial charge on any atom is -0.465 e. The monoisotopic (exact) mass is 451 g/mol. The molecule has 0 spiro atoms. The quantitative estimate of drug-likeness (QED) is 0.504. The average Bonchev–Trinajstić information content (AvgIpc) is 3.17. The van der Waals surface area contributed by atoms with E-state index in [1.807, 2.05) is 37.3 Å². The number of sulfonamides is 1. The van der Waals surface area contributed by atoms with E-state index in [2.05, 4.69) is 0 Å². The van der Waals surface area contributed by atoms with Crippen LogP contribution in [0.25, 0.3) is 6.08 Å². The summed E-state index contributed by atoms with van der Waals surface area (Å²) in [5, 5.41) is -0.491. The van der Waals surface area contributed by atoms with Crippen LogP contribution in [-0.2, 0) is 14.8 Å². The van der Waals surface area contributed by atoms with Crippen LogP contribution >= 0.6 is 11.8 Å². The normalized spacial score (nSPS) is 15.8. The highest BCUT2D eigenvalue weighted by Crippen LogP contribution is 2.46. The molecule has 1 aliphatic heterocycles. The molecule has 31 heavy (non-hydrogen) atoms. The number of anilines is 1. The summed E-state index contributed by atoms with van der Waals surface area (Å²) in [6, 6.07) is 21.3. The number of carbonyl (C=O) groups excluding carboxylic acids is 1. The van der Waals surface area contributed by atoms with Gasteiger partial charge in [0.25, 0.3) is 10.0 Å². The first-order valence-corrected chi connectivity index (χ1v) is 12.0. The number of ether oxygens (including phenoxy) is 1. The highest BCUT2D eigenvalue weighted by atomic mass is 32.2. The molecule has 0 aromatic heterocycles. The van der Waals surface area contributed by atoms with Gasteiger partial charge in [-0.3, -0.25) is 0 Å². The van der Waals surface area contributed by atoms with Crippen molar-refractivity contribution < 1.29 is 17.9 Å². The SMILES string of the molecule is COC(=O)c1ccccc1/C=C/C1Sc2ccccc2N1S(=O)(=O)c1ccc(C)cc1. The molecular weight excluding hydrogens is 430 g/mol. The molecule has 4 rings (SSSR count). The Kier molecular flexibility index (Phi) is 5.89. The van der Waals surface area contributed by atoms with Crippen LogP contribution in [0.2, 0.25) is 0 Å². The van der Waals surface area contributed by atoms with Crippen molar-refractivity contribution in [2.24, 2.45) is 0 Å². The summed E-state index contributed by atoms with van der Waals surface area (Å²) in [5.41, 5.74) is 2.73. The highest BCUT2D eigenvalue weighted by Gasteiger charge is 2.37. The van der Waals surface area contributed by atoms with Gasteiger partial charge in [0.05, 0.1) is 23.3 Å². The molecule has 1 heterocycles. The van der Waals surface area contributed by atoms with Crippen molar-refractivity contribution in [2.75, 3.05) is 11.4 Å². The van der Waals surface area contributed by atoms with Crippen molar-refractivity contribution in [3.63, 3.8) is 0 Å². The van der Waals surface area contributed by atoms with Crippen LogP contribution in [0.3, 0.4) is 0 Å². The van der Waals surface area contributed by atoms with Crippen molar-refractivity contribution in [1.29, 1.82) is 0 Å². The number of carbonyl (C=O) groups is 1. The van der Waals surface area contributed by atoms with Crippen LogP contribution in [0.15, 0.2) is 88.7 Å². The third-order valence-electron chi connectivity index (χ3n) is 4.97. The number of thioether (sulfide) groups is 1. The van der Waals surface area contributed by atoms with Crippen molar-refractivity contribution in [3.8, 4) is 0 Å². The summed E-state index contributed by atoms with van der Waals surface area (Å²) >= 11 is 1.45. The predicted molar refractivity (Wildman–Crippen MR) is 124 cm³/mol. The molecule has 1 atom stereocenters. The Morgan fingerprint density at radius 1 is 1.00 bits per heavy atom. The lowest BCUT2D eigenvalue weighted by atomic mass is 10.1. The van der Waals surface area contributed by atoms with Crippen LogP contribution in [0.5, 0.6) is 0 Å². The van der Waals surface area contributed by atoms with Gasteiger partial charge in [-0.05, 0) is 48.9 Å². The molecule has 3 aromatic rings. The zero-order valence-corrected chi connectivity index (χ0v) is 18.7. The maximum atomic E-state index is 13.6. The molecule has 0 saturated carbocycles. The van der Waals surface area contributed by atoms with E-state index in [4.69, 9.17) is 4.74 Å². The van der Waals surface area contributed by atoms with E-state index in [0.717, 1.165) is 10.5 Å². The van der Waals surface area contributed by atoms with Gasteiger partial charge in [0, 0.05) is 4.90 Å². The van der Waals surface area contributed by atoms with E-state index in [1.54, 1.807) is 54.6 Å². The number of para-hydroxylation sites is 1. The number of hydrogen-bond donors (Lipinski definition) is 0. The third kappa shape index (κ3) is 4.11. The number of nitrogens with zero attached hydrogens (tertiary/aromatic N) is 1. The number of esters is 1. The number of aryl methyl sites for hydroxylation is 1. The number of fused-ring (bicyclic) bond motifs is 1. The van der Waals surface area contributed by atoms with Gasteiger partial charge in [0.15, 0.2) is 0 Å². The molecule has 0 amide bonds. The van der Waals surface area contributed by atoms with Crippen LogP contribution in [0.1, 0.15) is 21.5 Å². The minimum absolute atomic E-state index is 0.240. The van der Waals surface area contributed by atoms with E-state index >= 15 is 0 Å². The zero-order chi connectivity index (χ0) is 22.0. The van der Waals surface area contributed by atoms with E-state index in [9.17, 15) is 13.2 Å². The minimum atomic E-state index is -3.78. The van der Waals surface area contributed by atoms with Crippen molar-refractivity contribution in [3.05, 3.63) is 95.6 Å². The number of rotatable bonds is 5. The fraction of sp³-hybridized carbons (Fsp3) is 0.125. The first kappa shape index (κ1) is 21.2. The molecule has 0 saturated heterocycles. The Bertz CT molecular complexity index is 1250. The van der Waals surface area contributed by atoms with Crippen molar-refractivity contribution in [1.82, 2.24) is 0 Å². The molecule has 158 valence electrons. The molecule has 7 heteroatoms. The van der Waals surface area contributed by atoms with E-state index in [-0.39, 0.29) is 4.90 Å². The van der Waals surface area contributed by atoms with Gasteiger partial charge < -0.3 is 4.74 Å². The van der Waals surface area contributed by atoms with Crippen LogP contribution in [0, 0.1) is 6.92 Å². The summed E-state index contributed by atoms with van der Waals surface area (Å²) in [6.07, 6.45) is 3.58. The number of methoxy groups -OCH3 is 1. The van der Waals surface area contributed by atoms with Gasteiger partial charge in [-0.1, -0.05) is 65.9 Å². The van der Waals surface area contributed by atoms with Gasteiger partial charge in [0.2, 0.25) is 0 Å². The van der Waals surface area contributed by atoms with E-state index < -0.39 is 21.4 Å². The van der Waals surface area contributed by atoms with Gasteiger partial charge in [-0.2, -0.15) is 0 Å². The first-order valence-electron chi connectivity index (χ1n) is 9.64. The molecular formula is C24H21NO4S2. The Morgan fingerprint density at radius 3 is 2.42 bits per heavy atom. The lowest BCUT2D eigenvalue weighted by Crippen LogP contribution is -2.34. The average molecular weight is 452 g/mol. The molecule has 1 unspecified atom stereocenters. The summed E-state index contributed by atoms with van der Waals surface area (Å²) in [7, 11) is -2.45. The maximum absolute atomic E-state index is 13.6. The second kappa shape index (κ2) is 8.61. The molecule has 0 fully saturated rings. The number of benzene rings is 3. The standard InChI is InChI=1S/C24H21NO4S2/c1-17-11-14-19(15-12-17)31(27,28)25-21-9-5-6-10-22(21)30-23(25)16-13-18-7-3-4-8-20(18)24(26)29-2/h3-16,23H,1-2H3/b16-13+. The molecule has 3 aromatic carbocycles. The topological polar surface area (TPSA) is 63.7 Å². The van der Waals surface area contributed by atoms with Gasteiger partial charge in [0.1, 0.15) is 5.37 Å². The fourth-order valence-electron chi connectivity index (χ4n) is 3.39. The molecule has 0 N–H and O–H groups in total. The maximum Gasteiger partial charge on any atom is 0.338 e. The Labute approximate surface area is 186 Å². The van der Waals surface area contributed by atoms with Gasteiger partial charge >= 0.3 is 5.97 Å². The summed E-state index contributed by atoms with van der Waals surface area (Å²) < 4.78 is 33.4. The third-order valence-corrected chi connectivity index (χ3v) is 8.12. The fourth-order valence-corrected chi connectivity index (χ4v) is 6.45. The summed E-state index contributed by atoms with van der Waals surface area (Å²) in [6.45, 7) is 1.92. The smallest absolute Gasteiger partial charge is 0.338 e. The van der Waals surface area contributed by atoms with Crippen LogP contribution < -0.4 is 4.31 Å². The van der Waals surface area contributed by atoms with E-state index in [1.165, 1.54) is 23.2 Å². The first-order chi connectivity index (χ1) is 14.9. The number of hydrogen-bond acceptors (Lipinski definition) is 5. The molecule has 5 nitrogen and oxygen atoms in total. The highest BCUT2D eigenvalue weighted by molar-refractivity contribution is 8.03. The Morgan fingerprint density at radius 2 is 1.68 bits per heavy atom. The molecule has 0 aliphatic carbocycles. The summed E-state index contributed by atoms with van der Waals surface area (Å²) in [5.74, 6) is -0.438. The molecule has 0 bridgehead atoms. The predicted octanol–water partition coefficient (Wildman–Crippen LogP) is 5.12. The second-order valence-corrected chi connectivity index (χ2v) is 10.0.